The molecule has 1 aromatic heterocycles. The third kappa shape index (κ3) is 3.77. The van der Waals surface area contributed by atoms with Gasteiger partial charge >= 0.3 is 0 Å². The Labute approximate surface area is 185 Å². The molecule has 1 unspecified atom stereocenters. The second-order valence-corrected chi connectivity index (χ2v) is 8.26. The maximum absolute atomic E-state index is 5.07. The summed E-state index contributed by atoms with van der Waals surface area (Å²) in [6.45, 7) is 5.43. The lowest BCUT2D eigenvalue weighted by Gasteiger charge is -2.38. The Hall–Kier alpha value is -2.59. The molecule has 30 heavy (non-hydrogen) atoms. The van der Waals surface area contributed by atoms with Gasteiger partial charge in [0.05, 0.1) is 11.7 Å². The minimum Gasteiger partial charge on any atom is -0.349 e. The molecule has 0 radical (unpaired) electrons. The number of halogens is 1. The van der Waals surface area contributed by atoms with Gasteiger partial charge in [-0.3, -0.25) is 0 Å². The van der Waals surface area contributed by atoms with Crippen molar-refractivity contribution in [1.29, 1.82) is 0 Å². The van der Waals surface area contributed by atoms with E-state index in [1.54, 1.807) is 0 Å². The van der Waals surface area contributed by atoms with Crippen LogP contribution >= 0.6 is 12.4 Å². The molecule has 1 N–H and O–H groups in total. The van der Waals surface area contributed by atoms with Gasteiger partial charge in [0.2, 0.25) is 5.95 Å². The summed E-state index contributed by atoms with van der Waals surface area (Å²) in [6.07, 6.45) is 5.64. The summed E-state index contributed by atoms with van der Waals surface area (Å²) >= 11 is 0. The van der Waals surface area contributed by atoms with Crippen LogP contribution in [0.3, 0.4) is 0 Å². The Morgan fingerprint density at radius 2 is 1.70 bits per heavy atom. The van der Waals surface area contributed by atoms with Crippen LogP contribution in [0.4, 0.5) is 17.5 Å². The molecule has 156 valence electrons. The molecule has 1 atom stereocenters. The fraction of sp³-hybridized carbons (Fsp3) is 0.360. The molecular weight excluding hydrogens is 392 g/mol. The molecule has 2 aromatic carbocycles. The summed E-state index contributed by atoms with van der Waals surface area (Å²) in [5.74, 6) is 1.86. The highest BCUT2D eigenvalue weighted by atomic mass is 35.5. The zero-order valence-electron chi connectivity index (χ0n) is 17.7. The Kier molecular flexibility index (Phi) is 5.96. The Morgan fingerprint density at radius 1 is 0.933 bits per heavy atom. The van der Waals surface area contributed by atoms with Crippen molar-refractivity contribution in [3.63, 3.8) is 0 Å². The van der Waals surface area contributed by atoms with Crippen LogP contribution in [0.2, 0.25) is 0 Å². The largest absolute Gasteiger partial charge is 0.349 e. The second kappa shape index (κ2) is 8.65. The van der Waals surface area contributed by atoms with E-state index in [0.29, 0.717) is 6.04 Å². The number of hydrogen-bond acceptors (Lipinski definition) is 4. The second-order valence-electron chi connectivity index (χ2n) is 8.26. The highest BCUT2D eigenvalue weighted by molar-refractivity contribution is 5.85. The van der Waals surface area contributed by atoms with E-state index in [1.807, 2.05) is 0 Å². The lowest BCUT2D eigenvalue weighted by molar-refractivity contribution is 0.599. The number of nitrogens with one attached hydrogen (secondary N) is 1. The number of rotatable bonds is 3. The molecule has 4 nitrogen and oxygen atoms in total. The highest BCUT2D eigenvalue weighted by Gasteiger charge is 2.29. The van der Waals surface area contributed by atoms with Gasteiger partial charge in [-0.15, -0.1) is 12.4 Å². The Balaban J connectivity index is 0.00000218. The van der Waals surface area contributed by atoms with Crippen molar-refractivity contribution in [2.45, 2.75) is 52.0 Å². The molecule has 0 bridgehead atoms. The molecule has 5 rings (SSSR count). The molecule has 5 heteroatoms. The molecule has 1 aliphatic carbocycles. The van der Waals surface area contributed by atoms with Crippen LogP contribution < -0.4 is 10.2 Å². The molecule has 1 aliphatic heterocycles. The van der Waals surface area contributed by atoms with Crippen molar-refractivity contribution in [1.82, 2.24) is 9.97 Å². The van der Waals surface area contributed by atoms with Crippen molar-refractivity contribution in [2.75, 3.05) is 16.8 Å². The molecule has 3 aromatic rings. The van der Waals surface area contributed by atoms with Gasteiger partial charge in [-0.2, -0.15) is 4.98 Å². The van der Waals surface area contributed by atoms with E-state index in [-0.39, 0.29) is 12.4 Å². The number of nitrogens with zero attached hydrogens (tertiary/aromatic N) is 3. The zero-order valence-corrected chi connectivity index (χ0v) is 18.5. The maximum Gasteiger partial charge on any atom is 0.229 e. The monoisotopic (exact) mass is 420 g/mol. The van der Waals surface area contributed by atoms with Crippen molar-refractivity contribution in [3.05, 3.63) is 76.5 Å². The van der Waals surface area contributed by atoms with Gasteiger partial charge in [-0.1, -0.05) is 42.5 Å². The number of aromatic nitrogens is 2. The molecule has 0 saturated carbocycles. The molecule has 0 amide bonds. The number of fused-ring (bicyclic) bond motifs is 2. The summed E-state index contributed by atoms with van der Waals surface area (Å²) in [5.41, 5.74) is 7.76. The molecule has 0 saturated heterocycles. The number of hydrogen-bond donors (Lipinski definition) is 1. The first-order valence-corrected chi connectivity index (χ1v) is 10.8. The predicted molar refractivity (Wildman–Crippen MR) is 126 cm³/mol. The van der Waals surface area contributed by atoms with E-state index in [1.165, 1.54) is 40.8 Å². The SMILES string of the molecule is Cc1ccccc1Nc1nc2c(c(N3CCc4ccccc4C3C)n1)CCCC2.Cl. The average molecular weight is 421 g/mol. The first kappa shape index (κ1) is 20.7. The highest BCUT2D eigenvalue weighted by Crippen LogP contribution is 2.37. The average Bonchev–Trinajstić information content (AvgIpc) is 2.75. The normalized spacial score (nSPS) is 17.5. The van der Waals surface area contributed by atoms with Gasteiger partial charge in [0.15, 0.2) is 0 Å². The minimum absolute atomic E-state index is 0. The van der Waals surface area contributed by atoms with Crippen molar-refractivity contribution >= 4 is 29.9 Å². The zero-order chi connectivity index (χ0) is 19.8. The first-order valence-electron chi connectivity index (χ1n) is 10.8. The number of benzene rings is 2. The van der Waals surface area contributed by atoms with Gasteiger partial charge in [0.1, 0.15) is 5.82 Å². The van der Waals surface area contributed by atoms with Crippen LogP contribution in [0.5, 0.6) is 0 Å². The lowest BCUT2D eigenvalue weighted by atomic mass is 9.91. The first-order chi connectivity index (χ1) is 14.2. The smallest absolute Gasteiger partial charge is 0.229 e. The molecule has 2 aliphatic rings. The van der Waals surface area contributed by atoms with Gasteiger partial charge in [0, 0.05) is 17.8 Å². The summed E-state index contributed by atoms with van der Waals surface area (Å²) < 4.78 is 0. The number of aryl methyl sites for hydroxylation is 2. The standard InChI is InChI=1S/C25H28N4.ClH/c1-17-9-3-7-13-22(17)26-25-27-23-14-8-6-12-21(23)24(28-25)29-16-15-19-10-4-5-11-20(19)18(29)2;/h3-5,7,9-11,13,18H,6,8,12,14-16H2,1-2H3,(H,26,27,28);1H. The van der Waals surface area contributed by atoms with E-state index in [9.17, 15) is 0 Å². The molecular formula is C25H29ClN4. The summed E-state index contributed by atoms with van der Waals surface area (Å²) in [5, 5.41) is 3.49. The Bertz CT molecular complexity index is 1050. The number of para-hydroxylation sites is 1. The summed E-state index contributed by atoms with van der Waals surface area (Å²) in [6, 6.07) is 17.5. The summed E-state index contributed by atoms with van der Waals surface area (Å²) in [7, 11) is 0. The third-order valence-electron chi connectivity index (χ3n) is 6.42. The van der Waals surface area contributed by atoms with Gasteiger partial charge < -0.3 is 10.2 Å². The van der Waals surface area contributed by atoms with Gasteiger partial charge in [0.25, 0.3) is 0 Å². The fourth-order valence-corrected chi connectivity index (χ4v) is 4.76. The van der Waals surface area contributed by atoms with E-state index >= 15 is 0 Å². The third-order valence-corrected chi connectivity index (χ3v) is 6.42. The van der Waals surface area contributed by atoms with Crippen LogP contribution in [0.1, 0.15) is 53.8 Å². The van der Waals surface area contributed by atoms with E-state index in [0.717, 1.165) is 43.3 Å². The van der Waals surface area contributed by atoms with Crippen molar-refractivity contribution in [2.24, 2.45) is 0 Å². The van der Waals surface area contributed by atoms with Crippen molar-refractivity contribution < 1.29 is 0 Å². The molecule has 0 fully saturated rings. The van der Waals surface area contributed by atoms with Gasteiger partial charge in [-0.05, 0) is 68.7 Å². The quantitative estimate of drug-likeness (QED) is 0.568. The predicted octanol–water partition coefficient (Wildman–Crippen LogP) is 5.95. The fourth-order valence-electron chi connectivity index (χ4n) is 4.76. The van der Waals surface area contributed by atoms with E-state index < -0.39 is 0 Å². The van der Waals surface area contributed by atoms with Crippen LogP contribution in [-0.2, 0) is 19.3 Å². The van der Waals surface area contributed by atoms with Crippen LogP contribution in [0.15, 0.2) is 48.5 Å². The van der Waals surface area contributed by atoms with E-state index in [4.69, 9.17) is 9.97 Å². The number of anilines is 3. The van der Waals surface area contributed by atoms with Crippen LogP contribution in [-0.4, -0.2) is 16.5 Å². The summed E-state index contributed by atoms with van der Waals surface area (Å²) in [4.78, 5) is 12.5. The minimum atomic E-state index is 0. The van der Waals surface area contributed by atoms with Crippen molar-refractivity contribution in [3.8, 4) is 0 Å². The lowest BCUT2D eigenvalue weighted by Crippen LogP contribution is -2.36. The molecule has 0 spiro atoms. The molecule has 2 heterocycles. The Morgan fingerprint density at radius 3 is 2.57 bits per heavy atom. The van der Waals surface area contributed by atoms with Gasteiger partial charge in [-0.25, -0.2) is 4.98 Å². The topological polar surface area (TPSA) is 41.1 Å². The van der Waals surface area contributed by atoms with Crippen LogP contribution in [0.25, 0.3) is 0 Å². The maximum atomic E-state index is 5.07. The van der Waals surface area contributed by atoms with E-state index in [2.05, 4.69) is 72.6 Å². The van der Waals surface area contributed by atoms with Crippen LogP contribution in [0, 0.1) is 6.92 Å².